The van der Waals surface area contributed by atoms with Crippen molar-refractivity contribution in [1.29, 1.82) is 0 Å². The molecule has 6 nitrogen and oxygen atoms in total. The summed E-state index contributed by atoms with van der Waals surface area (Å²) < 4.78 is 5.51. The van der Waals surface area contributed by atoms with Gasteiger partial charge in [0.1, 0.15) is 0 Å². The number of carbonyl (C=O) groups excluding carboxylic acids is 2. The third kappa shape index (κ3) is 61.7. The molecule has 0 aromatic rings. The minimum absolute atomic E-state index is 0.0225. The topological polar surface area (TPSA) is 95.9 Å². The van der Waals surface area contributed by atoms with Crippen LogP contribution in [0.2, 0.25) is 0 Å². The molecular weight excluding hydrogens is 923 g/mol. The molecular formula is C69H135NO5. The first-order valence-electron chi connectivity index (χ1n) is 34.5. The Kier molecular flexibility index (Phi) is 63.9. The van der Waals surface area contributed by atoms with Gasteiger partial charge in [-0.3, -0.25) is 9.59 Å². The molecule has 446 valence electrons. The zero-order chi connectivity index (χ0) is 54.3. The summed E-state index contributed by atoms with van der Waals surface area (Å²) in [4.78, 5) is 24.6. The lowest BCUT2D eigenvalue weighted by Crippen LogP contribution is -2.45. The molecule has 3 N–H and O–H groups in total. The predicted octanol–water partition coefficient (Wildman–Crippen LogP) is 22.0. The lowest BCUT2D eigenvalue weighted by molar-refractivity contribution is -0.143. The molecule has 6 heteroatoms. The SMILES string of the molecule is CCCCCCCCCCCCCC/C=C/C(O)C(CO)NC(=O)CCCCCCCCCCCCCCCCCCCCCCCCCCCCCOC(=O)CCCCCCCCCCCCCCCCCCC. The Bertz CT molecular complexity index is 1130. The van der Waals surface area contributed by atoms with Crippen molar-refractivity contribution in [2.45, 2.75) is 405 Å². The first kappa shape index (κ1) is 73.6. The van der Waals surface area contributed by atoms with Crippen LogP contribution in [0.15, 0.2) is 12.2 Å². The normalized spacial score (nSPS) is 12.5. The lowest BCUT2D eigenvalue weighted by atomic mass is 10.0. The number of hydrogen-bond acceptors (Lipinski definition) is 5. The van der Waals surface area contributed by atoms with Gasteiger partial charge >= 0.3 is 5.97 Å². The third-order valence-corrected chi connectivity index (χ3v) is 16.3. The van der Waals surface area contributed by atoms with E-state index in [1.165, 1.54) is 327 Å². The van der Waals surface area contributed by atoms with Crippen LogP contribution in [0.3, 0.4) is 0 Å². The molecule has 0 aliphatic heterocycles. The number of unbranched alkanes of at least 4 members (excludes halogenated alkanes) is 54. The highest BCUT2D eigenvalue weighted by Gasteiger charge is 2.18. The first-order valence-corrected chi connectivity index (χ1v) is 34.5. The fraction of sp³-hybridized carbons (Fsp3) is 0.942. The minimum atomic E-state index is -0.841. The van der Waals surface area contributed by atoms with Gasteiger partial charge in [-0.1, -0.05) is 360 Å². The molecule has 75 heavy (non-hydrogen) atoms. The molecule has 0 heterocycles. The number of hydrogen-bond donors (Lipinski definition) is 3. The molecule has 0 aliphatic carbocycles. The van der Waals surface area contributed by atoms with Crippen molar-refractivity contribution in [3.05, 3.63) is 12.2 Å². The summed E-state index contributed by atoms with van der Waals surface area (Å²) >= 11 is 0. The maximum Gasteiger partial charge on any atom is 0.305 e. The maximum absolute atomic E-state index is 12.5. The molecule has 0 aromatic heterocycles. The monoisotopic (exact) mass is 1060 g/mol. The Balaban J connectivity index is 3.33. The highest BCUT2D eigenvalue weighted by atomic mass is 16.5. The van der Waals surface area contributed by atoms with Gasteiger partial charge in [0, 0.05) is 12.8 Å². The lowest BCUT2D eigenvalue weighted by Gasteiger charge is -2.20. The average molecular weight is 1060 g/mol. The number of rotatable bonds is 65. The average Bonchev–Trinajstić information content (AvgIpc) is 3.41. The van der Waals surface area contributed by atoms with Crippen molar-refractivity contribution >= 4 is 11.9 Å². The van der Waals surface area contributed by atoms with Crippen molar-refractivity contribution in [3.8, 4) is 0 Å². The number of nitrogens with one attached hydrogen (secondary N) is 1. The van der Waals surface area contributed by atoms with Crippen LogP contribution in [0.25, 0.3) is 0 Å². The molecule has 0 saturated carbocycles. The zero-order valence-electron chi connectivity index (χ0n) is 51.1. The summed E-state index contributed by atoms with van der Waals surface area (Å²) in [6, 6.07) is -0.624. The van der Waals surface area contributed by atoms with Crippen LogP contribution in [0.4, 0.5) is 0 Å². The van der Waals surface area contributed by atoms with E-state index in [2.05, 4.69) is 19.2 Å². The predicted molar refractivity (Wildman–Crippen MR) is 329 cm³/mol. The molecule has 0 aliphatic rings. The van der Waals surface area contributed by atoms with Gasteiger partial charge in [-0.2, -0.15) is 0 Å². The Hall–Kier alpha value is -1.40. The van der Waals surface area contributed by atoms with Gasteiger partial charge in [0.05, 0.1) is 25.4 Å². The van der Waals surface area contributed by atoms with E-state index in [4.69, 9.17) is 4.74 Å². The van der Waals surface area contributed by atoms with Crippen LogP contribution < -0.4 is 5.32 Å². The second-order valence-corrected chi connectivity index (χ2v) is 23.9. The van der Waals surface area contributed by atoms with Gasteiger partial charge in [-0.15, -0.1) is 0 Å². The first-order chi connectivity index (χ1) is 37.0. The molecule has 0 radical (unpaired) electrons. The van der Waals surface area contributed by atoms with Crippen molar-refractivity contribution in [1.82, 2.24) is 5.32 Å². The summed E-state index contributed by atoms with van der Waals surface area (Å²) in [7, 11) is 0. The molecule has 0 rings (SSSR count). The van der Waals surface area contributed by atoms with E-state index < -0.39 is 12.1 Å². The molecule has 2 atom stereocenters. The Morgan fingerprint density at radius 1 is 0.360 bits per heavy atom. The van der Waals surface area contributed by atoms with Gasteiger partial charge in [-0.25, -0.2) is 0 Å². The van der Waals surface area contributed by atoms with Gasteiger partial charge < -0.3 is 20.3 Å². The van der Waals surface area contributed by atoms with Gasteiger partial charge in [-0.05, 0) is 32.1 Å². The van der Waals surface area contributed by atoms with Gasteiger partial charge in [0.15, 0.2) is 0 Å². The van der Waals surface area contributed by atoms with Crippen molar-refractivity contribution < 1.29 is 24.5 Å². The molecule has 0 saturated heterocycles. The maximum atomic E-state index is 12.5. The van der Waals surface area contributed by atoms with E-state index in [0.29, 0.717) is 19.4 Å². The number of carbonyl (C=O) groups is 2. The van der Waals surface area contributed by atoms with Crippen LogP contribution in [0.1, 0.15) is 393 Å². The van der Waals surface area contributed by atoms with Gasteiger partial charge in [0.25, 0.3) is 0 Å². The molecule has 2 unspecified atom stereocenters. The minimum Gasteiger partial charge on any atom is -0.466 e. The highest BCUT2D eigenvalue weighted by molar-refractivity contribution is 5.76. The quantitative estimate of drug-likeness (QED) is 0.0320. The van der Waals surface area contributed by atoms with Crippen LogP contribution in [0, 0.1) is 0 Å². The zero-order valence-corrected chi connectivity index (χ0v) is 51.1. The Morgan fingerprint density at radius 2 is 0.613 bits per heavy atom. The molecule has 0 bridgehead atoms. The molecule has 0 fully saturated rings. The molecule has 0 aromatic carbocycles. The number of esters is 1. The summed E-state index contributed by atoms with van der Waals surface area (Å²) in [6.07, 6.45) is 80.0. The Labute approximate surface area is 469 Å². The second kappa shape index (κ2) is 65.1. The van der Waals surface area contributed by atoms with Crippen LogP contribution in [-0.2, 0) is 14.3 Å². The van der Waals surface area contributed by atoms with Crippen molar-refractivity contribution in [3.63, 3.8) is 0 Å². The number of ether oxygens (including phenoxy) is 1. The van der Waals surface area contributed by atoms with E-state index in [-0.39, 0.29) is 18.5 Å². The fourth-order valence-corrected chi connectivity index (χ4v) is 11.1. The van der Waals surface area contributed by atoms with Gasteiger partial charge in [0.2, 0.25) is 5.91 Å². The summed E-state index contributed by atoms with van der Waals surface area (Å²) in [5.41, 5.74) is 0. The van der Waals surface area contributed by atoms with Crippen molar-refractivity contribution in [2.75, 3.05) is 13.2 Å². The van der Waals surface area contributed by atoms with E-state index >= 15 is 0 Å². The summed E-state index contributed by atoms with van der Waals surface area (Å²) in [5.74, 6) is -0.0403. The number of amides is 1. The largest absolute Gasteiger partial charge is 0.466 e. The van der Waals surface area contributed by atoms with E-state index in [1.54, 1.807) is 6.08 Å². The summed E-state index contributed by atoms with van der Waals surface area (Å²) in [5, 5.41) is 23.1. The summed E-state index contributed by atoms with van der Waals surface area (Å²) in [6.45, 7) is 4.94. The standard InChI is InChI=1S/C69H135NO5/c1-3-5-7-9-11-13-15-17-19-31-35-39-43-47-51-55-59-63-69(74)75-64-60-56-52-48-44-40-36-33-30-28-26-24-22-20-21-23-25-27-29-32-34-38-42-46-50-54-58-62-68(73)70-66(65-71)67(72)61-57-53-49-45-41-37-18-16-14-12-10-8-6-4-2/h57,61,66-67,71-72H,3-56,58-60,62-65H2,1-2H3,(H,70,73)/b61-57+. The van der Waals surface area contributed by atoms with E-state index in [1.807, 2.05) is 6.08 Å². The number of aliphatic hydroxyl groups is 2. The van der Waals surface area contributed by atoms with Crippen LogP contribution in [-0.4, -0.2) is 47.4 Å². The second-order valence-electron chi connectivity index (χ2n) is 23.9. The van der Waals surface area contributed by atoms with Crippen LogP contribution >= 0.6 is 0 Å². The fourth-order valence-electron chi connectivity index (χ4n) is 11.1. The van der Waals surface area contributed by atoms with E-state index in [9.17, 15) is 19.8 Å². The molecule has 1 amide bonds. The Morgan fingerprint density at radius 3 is 0.907 bits per heavy atom. The van der Waals surface area contributed by atoms with Crippen LogP contribution in [0.5, 0.6) is 0 Å². The van der Waals surface area contributed by atoms with Crippen molar-refractivity contribution in [2.24, 2.45) is 0 Å². The third-order valence-electron chi connectivity index (χ3n) is 16.3. The number of aliphatic hydroxyl groups excluding tert-OH is 2. The highest BCUT2D eigenvalue weighted by Crippen LogP contribution is 2.19. The van der Waals surface area contributed by atoms with E-state index in [0.717, 1.165) is 38.5 Å². The smallest absolute Gasteiger partial charge is 0.305 e. The number of allylic oxidation sites excluding steroid dienone is 1. The molecule has 0 spiro atoms.